The van der Waals surface area contributed by atoms with Crippen molar-refractivity contribution in [2.45, 2.75) is 38.4 Å². The van der Waals surface area contributed by atoms with Gasteiger partial charge in [0.25, 0.3) is 5.96 Å². The van der Waals surface area contributed by atoms with E-state index in [1.165, 1.54) is 12.1 Å². The number of urea groups is 1. The second-order valence-corrected chi connectivity index (χ2v) is 8.01. The lowest BCUT2D eigenvalue weighted by Gasteiger charge is -2.19. The summed E-state index contributed by atoms with van der Waals surface area (Å²) in [4.78, 5) is 46.6. The highest BCUT2D eigenvalue weighted by molar-refractivity contribution is 5.88. The maximum absolute atomic E-state index is 12.9. The second-order valence-electron chi connectivity index (χ2n) is 8.01. The number of nitrogens with two attached hydrogens (primary N) is 2. The van der Waals surface area contributed by atoms with Crippen LogP contribution in [0.1, 0.15) is 29.5 Å². The van der Waals surface area contributed by atoms with Crippen LogP contribution in [-0.4, -0.2) is 46.5 Å². The SMILES string of the molecule is NC(=O)NCc1ccc(CNC(=O)[C@@H](CCCNC(N)=N[N+](=O)[O-])NC(=O)Cc2ccc(O)cc2)cc1. The van der Waals surface area contributed by atoms with Gasteiger partial charge < -0.3 is 37.8 Å². The minimum atomic E-state index is -0.928. The van der Waals surface area contributed by atoms with Crippen LogP contribution in [0, 0.1) is 10.1 Å². The number of amides is 4. The van der Waals surface area contributed by atoms with E-state index < -0.39 is 23.0 Å². The van der Waals surface area contributed by atoms with Gasteiger partial charge in [-0.2, -0.15) is 0 Å². The van der Waals surface area contributed by atoms with Gasteiger partial charge in [0.2, 0.25) is 11.8 Å². The number of primary amides is 1. The molecule has 0 spiro atoms. The van der Waals surface area contributed by atoms with Crippen molar-refractivity contribution in [1.82, 2.24) is 21.3 Å². The number of rotatable bonds is 13. The highest BCUT2D eigenvalue weighted by Crippen LogP contribution is 2.10. The average molecular weight is 515 g/mol. The van der Waals surface area contributed by atoms with Crippen LogP contribution in [0.2, 0.25) is 0 Å². The molecule has 0 aromatic heterocycles. The summed E-state index contributed by atoms with van der Waals surface area (Å²) >= 11 is 0. The molecule has 2 aromatic carbocycles. The van der Waals surface area contributed by atoms with E-state index in [1.54, 1.807) is 36.4 Å². The summed E-state index contributed by atoms with van der Waals surface area (Å²) in [5.74, 6) is -1.09. The van der Waals surface area contributed by atoms with Crippen molar-refractivity contribution in [1.29, 1.82) is 0 Å². The van der Waals surface area contributed by atoms with E-state index in [0.29, 0.717) is 12.0 Å². The summed E-state index contributed by atoms with van der Waals surface area (Å²) in [6.07, 6.45) is 0.586. The standard InChI is InChI=1S/C23H30N8O6/c24-22(30-31(36)37)26-11-1-2-19(29-20(33)12-15-7-9-18(32)10-8-15)21(34)27-13-16-3-5-17(6-4-16)14-28-23(25)35/h3-10,19,32H,1-2,11-14H2,(H,27,34)(H,29,33)(H3,24,26,30)(H3,25,28,35)/t19-/m1/s1. The van der Waals surface area contributed by atoms with Crippen molar-refractivity contribution in [3.8, 4) is 5.75 Å². The largest absolute Gasteiger partial charge is 0.508 e. The second kappa shape index (κ2) is 14.5. The van der Waals surface area contributed by atoms with E-state index in [9.17, 15) is 29.6 Å². The van der Waals surface area contributed by atoms with Gasteiger partial charge in [0.05, 0.1) is 6.42 Å². The minimum absolute atomic E-state index is 0.00551. The fraction of sp³-hybridized carbons (Fsp3) is 0.304. The van der Waals surface area contributed by atoms with E-state index in [0.717, 1.165) is 11.1 Å². The molecule has 14 nitrogen and oxygen atoms in total. The lowest BCUT2D eigenvalue weighted by molar-refractivity contribution is -0.485. The molecule has 0 unspecified atom stereocenters. The van der Waals surface area contributed by atoms with Crippen LogP contribution >= 0.6 is 0 Å². The molecule has 9 N–H and O–H groups in total. The Morgan fingerprint density at radius 1 is 0.919 bits per heavy atom. The molecule has 4 amide bonds. The number of hydrogen-bond donors (Lipinski definition) is 7. The zero-order valence-corrected chi connectivity index (χ0v) is 20.0. The number of phenolic OH excluding ortho intramolecular Hbond substituents is 1. The first-order chi connectivity index (χ1) is 17.6. The molecule has 37 heavy (non-hydrogen) atoms. The predicted molar refractivity (Wildman–Crippen MR) is 134 cm³/mol. The smallest absolute Gasteiger partial charge is 0.312 e. The maximum Gasteiger partial charge on any atom is 0.312 e. The molecule has 1 atom stereocenters. The number of nitrogens with zero attached hydrogens (tertiary/aromatic N) is 2. The molecular weight excluding hydrogens is 484 g/mol. The van der Waals surface area contributed by atoms with Crippen LogP contribution < -0.4 is 32.7 Å². The number of hydrogen-bond acceptors (Lipinski definition) is 6. The number of guanidine groups is 1. The third kappa shape index (κ3) is 11.4. The van der Waals surface area contributed by atoms with Gasteiger partial charge in [0, 0.05) is 19.6 Å². The topological polar surface area (TPSA) is 227 Å². The summed E-state index contributed by atoms with van der Waals surface area (Å²) < 4.78 is 0. The summed E-state index contributed by atoms with van der Waals surface area (Å²) in [5, 5.41) is 32.3. The van der Waals surface area contributed by atoms with Crippen molar-refractivity contribution in [3.05, 3.63) is 75.3 Å². The van der Waals surface area contributed by atoms with Crippen molar-refractivity contribution in [2.24, 2.45) is 16.6 Å². The first-order valence-corrected chi connectivity index (χ1v) is 11.3. The predicted octanol–water partition coefficient (Wildman–Crippen LogP) is -0.220. The number of carbonyl (C=O) groups excluding carboxylic acids is 3. The Morgan fingerprint density at radius 2 is 1.49 bits per heavy atom. The highest BCUT2D eigenvalue weighted by atomic mass is 16.7. The molecule has 0 saturated carbocycles. The highest BCUT2D eigenvalue weighted by Gasteiger charge is 2.20. The molecule has 0 fully saturated rings. The van der Waals surface area contributed by atoms with Gasteiger partial charge in [-0.15, -0.1) is 0 Å². The van der Waals surface area contributed by atoms with Gasteiger partial charge >= 0.3 is 6.03 Å². The number of nitrogens with one attached hydrogen (secondary N) is 4. The quantitative estimate of drug-likeness (QED) is 0.0620. The summed E-state index contributed by atoms with van der Waals surface area (Å²) in [6, 6.07) is 11.8. The molecule has 0 radical (unpaired) electrons. The van der Waals surface area contributed by atoms with Crippen molar-refractivity contribution in [2.75, 3.05) is 6.54 Å². The molecule has 0 heterocycles. The number of hydrazone groups is 1. The van der Waals surface area contributed by atoms with E-state index in [2.05, 4.69) is 26.4 Å². The Morgan fingerprint density at radius 3 is 2.05 bits per heavy atom. The number of benzene rings is 2. The lowest BCUT2D eigenvalue weighted by Crippen LogP contribution is -2.47. The van der Waals surface area contributed by atoms with E-state index >= 15 is 0 Å². The first kappa shape index (κ1) is 28.4. The van der Waals surface area contributed by atoms with Crippen LogP contribution in [0.25, 0.3) is 0 Å². The molecule has 2 aromatic rings. The Bertz CT molecular complexity index is 1110. The molecule has 0 aliphatic heterocycles. The lowest BCUT2D eigenvalue weighted by atomic mass is 10.1. The molecule has 198 valence electrons. The molecule has 0 saturated heterocycles. The van der Waals surface area contributed by atoms with Gasteiger partial charge in [-0.3, -0.25) is 9.59 Å². The van der Waals surface area contributed by atoms with E-state index in [-0.39, 0.29) is 50.1 Å². The van der Waals surface area contributed by atoms with Crippen molar-refractivity contribution >= 4 is 23.8 Å². The van der Waals surface area contributed by atoms with Crippen LogP contribution in [0.5, 0.6) is 5.75 Å². The van der Waals surface area contributed by atoms with Gasteiger partial charge in [-0.1, -0.05) is 36.4 Å². The Kier molecular flexibility index (Phi) is 11.1. The van der Waals surface area contributed by atoms with E-state index in [1.807, 2.05) is 0 Å². The van der Waals surface area contributed by atoms with Gasteiger partial charge in [0.15, 0.2) is 5.03 Å². The summed E-state index contributed by atoms with van der Waals surface area (Å²) in [6.45, 7) is 0.678. The summed E-state index contributed by atoms with van der Waals surface area (Å²) in [5.41, 5.74) is 12.7. The third-order valence-corrected chi connectivity index (χ3v) is 5.07. The van der Waals surface area contributed by atoms with Crippen LogP contribution in [0.15, 0.2) is 53.6 Å². The minimum Gasteiger partial charge on any atom is -0.508 e. The Hall–Kier alpha value is -4.88. The molecule has 0 aliphatic carbocycles. The summed E-state index contributed by atoms with van der Waals surface area (Å²) in [7, 11) is 0. The molecule has 2 rings (SSSR count). The molecule has 0 aliphatic rings. The number of nitro groups is 1. The van der Waals surface area contributed by atoms with Crippen LogP contribution in [0.4, 0.5) is 4.79 Å². The number of carbonyl (C=O) groups is 3. The van der Waals surface area contributed by atoms with Gasteiger partial charge in [-0.25, -0.2) is 14.9 Å². The van der Waals surface area contributed by atoms with Crippen LogP contribution in [-0.2, 0) is 29.1 Å². The normalized spacial score (nSPS) is 11.7. The molecular formula is C23H30N8O6. The average Bonchev–Trinajstić information content (AvgIpc) is 2.84. The monoisotopic (exact) mass is 514 g/mol. The number of aromatic hydroxyl groups is 1. The first-order valence-electron chi connectivity index (χ1n) is 11.3. The fourth-order valence-electron chi connectivity index (χ4n) is 3.24. The fourth-order valence-corrected chi connectivity index (χ4v) is 3.24. The molecule has 14 heteroatoms. The maximum atomic E-state index is 12.9. The Balaban J connectivity index is 1.95. The Labute approximate surface area is 212 Å². The van der Waals surface area contributed by atoms with Crippen molar-refractivity contribution in [3.63, 3.8) is 0 Å². The number of phenols is 1. The van der Waals surface area contributed by atoms with E-state index in [4.69, 9.17) is 11.5 Å². The zero-order valence-electron chi connectivity index (χ0n) is 20.0. The van der Waals surface area contributed by atoms with Crippen LogP contribution in [0.3, 0.4) is 0 Å². The van der Waals surface area contributed by atoms with Gasteiger partial charge in [-0.05, 0) is 41.7 Å². The third-order valence-electron chi connectivity index (χ3n) is 5.07. The van der Waals surface area contributed by atoms with Crippen molar-refractivity contribution < 1.29 is 24.5 Å². The molecule has 0 bridgehead atoms. The zero-order chi connectivity index (χ0) is 27.2. The van der Waals surface area contributed by atoms with Gasteiger partial charge in [0.1, 0.15) is 16.9 Å².